The summed E-state index contributed by atoms with van der Waals surface area (Å²) in [6, 6.07) is 22.9. The maximum absolute atomic E-state index is 13.0. The van der Waals surface area contributed by atoms with Gasteiger partial charge in [-0.15, -0.1) is 0 Å². The molecule has 0 saturated carbocycles. The molecular weight excluding hydrogens is 376 g/mol. The van der Waals surface area contributed by atoms with Gasteiger partial charge in [-0.2, -0.15) is 5.10 Å². The Hall–Kier alpha value is -4.13. The van der Waals surface area contributed by atoms with Crippen LogP contribution in [0.1, 0.15) is 11.3 Å². The lowest BCUT2D eigenvalue weighted by molar-refractivity contribution is 0.630. The van der Waals surface area contributed by atoms with Gasteiger partial charge in [0.25, 0.3) is 5.56 Å². The summed E-state index contributed by atoms with van der Waals surface area (Å²) >= 11 is 0. The topological polar surface area (TPSA) is 76.2 Å². The van der Waals surface area contributed by atoms with Gasteiger partial charge in [-0.3, -0.25) is 14.9 Å². The Morgan fingerprint density at radius 2 is 1.70 bits per heavy atom. The quantitative estimate of drug-likeness (QED) is 0.379. The fraction of sp³-hybridized carbons (Fsp3) is 0.0870. The van der Waals surface area contributed by atoms with Crippen LogP contribution in [0.4, 0.5) is 17.2 Å². The largest absolute Gasteiger partial charge is 0.349 e. The molecule has 0 aliphatic rings. The maximum Gasteiger partial charge on any atom is 0.295 e. The normalized spacial score (nSPS) is 11.0. The number of benzene rings is 2. The summed E-state index contributed by atoms with van der Waals surface area (Å²) in [7, 11) is 1.88. The molecule has 4 rings (SSSR count). The van der Waals surface area contributed by atoms with E-state index in [0.717, 1.165) is 22.6 Å². The Morgan fingerprint density at radius 3 is 2.40 bits per heavy atom. The molecule has 7 heteroatoms. The van der Waals surface area contributed by atoms with E-state index in [0.29, 0.717) is 11.5 Å². The van der Waals surface area contributed by atoms with E-state index in [4.69, 9.17) is 0 Å². The van der Waals surface area contributed by atoms with Crippen molar-refractivity contribution in [1.82, 2.24) is 14.3 Å². The smallest absolute Gasteiger partial charge is 0.295 e. The zero-order valence-electron chi connectivity index (χ0n) is 16.8. The van der Waals surface area contributed by atoms with Crippen LogP contribution in [0.3, 0.4) is 0 Å². The Morgan fingerprint density at radius 1 is 0.967 bits per heavy atom. The predicted molar refractivity (Wildman–Crippen MR) is 121 cm³/mol. The van der Waals surface area contributed by atoms with E-state index >= 15 is 0 Å². The van der Waals surface area contributed by atoms with Gasteiger partial charge in [0, 0.05) is 18.9 Å². The van der Waals surface area contributed by atoms with E-state index in [1.165, 1.54) is 0 Å². The fourth-order valence-corrected chi connectivity index (χ4v) is 3.11. The van der Waals surface area contributed by atoms with Crippen molar-refractivity contribution in [3.63, 3.8) is 0 Å². The summed E-state index contributed by atoms with van der Waals surface area (Å²) < 4.78 is 3.51. The molecule has 2 heterocycles. The second-order valence-corrected chi connectivity index (χ2v) is 6.77. The number of pyridine rings is 1. The van der Waals surface area contributed by atoms with Crippen LogP contribution in [0.25, 0.3) is 5.69 Å². The predicted octanol–water partition coefficient (Wildman–Crippen LogP) is 4.07. The molecule has 2 aromatic heterocycles. The molecule has 0 amide bonds. The molecule has 0 radical (unpaired) electrons. The first-order valence-corrected chi connectivity index (χ1v) is 9.55. The highest BCUT2D eigenvalue weighted by Crippen LogP contribution is 2.19. The highest BCUT2D eigenvalue weighted by atomic mass is 16.1. The number of hydrogen-bond donors (Lipinski definition) is 2. The van der Waals surface area contributed by atoms with Crippen molar-refractivity contribution in [2.45, 2.75) is 6.92 Å². The first kappa shape index (κ1) is 19.2. The second-order valence-electron chi connectivity index (χ2n) is 6.77. The average molecular weight is 398 g/mol. The highest BCUT2D eigenvalue weighted by molar-refractivity contribution is 5.81. The summed E-state index contributed by atoms with van der Waals surface area (Å²) in [6.07, 6.45) is 3.42. The monoisotopic (exact) mass is 398 g/mol. The van der Waals surface area contributed by atoms with Crippen LogP contribution in [0.15, 0.2) is 88.9 Å². The van der Waals surface area contributed by atoms with E-state index in [1.807, 2.05) is 91.4 Å². The Balaban J connectivity index is 1.51. The molecule has 2 aromatic carbocycles. The van der Waals surface area contributed by atoms with Crippen molar-refractivity contribution in [3.8, 4) is 5.69 Å². The number of rotatable bonds is 6. The first-order valence-electron chi connectivity index (χ1n) is 9.55. The van der Waals surface area contributed by atoms with Gasteiger partial charge in [-0.1, -0.05) is 36.4 Å². The lowest BCUT2D eigenvalue weighted by Crippen LogP contribution is -2.20. The number of para-hydroxylation sites is 1. The van der Waals surface area contributed by atoms with Gasteiger partial charge in [0.1, 0.15) is 11.5 Å². The third-order valence-corrected chi connectivity index (χ3v) is 4.79. The molecule has 2 N–H and O–H groups in total. The molecule has 0 fully saturated rings. The van der Waals surface area contributed by atoms with Gasteiger partial charge in [-0.25, -0.2) is 9.67 Å². The molecule has 4 aromatic rings. The van der Waals surface area contributed by atoms with E-state index in [1.54, 1.807) is 17.1 Å². The molecule has 0 aliphatic heterocycles. The molecule has 0 atom stereocenters. The van der Waals surface area contributed by atoms with Gasteiger partial charge in [-0.05, 0) is 48.9 Å². The van der Waals surface area contributed by atoms with Gasteiger partial charge in [0.05, 0.1) is 17.6 Å². The van der Waals surface area contributed by atoms with E-state index in [9.17, 15) is 4.79 Å². The van der Waals surface area contributed by atoms with Crippen LogP contribution in [0.2, 0.25) is 0 Å². The molecule has 7 nitrogen and oxygen atoms in total. The van der Waals surface area contributed by atoms with Gasteiger partial charge < -0.3 is 5.32 Å². The van der Waals surface area contributed by atoms with Crippen LogP contribution >= 0.6 is 0 Å². The summed E-state index contributed by atoms with van der Waals surface area (Å²) in [5.41, 5.74) is 6.79. The number of nitrogens with zero attached hydrogens (tertiary/aromatic N) is 4. The van der Waals surface area contributed by atoms with Crippen molar-refractivity contribution in [1.29, 1.82) is 0 Å². The molecule has 0 bridgehead atoms. The number of hydrazone groups is 1. The average Bonchev–Trinajstić information content (AvgIpc) is 2.99. The third kappa shape index (κ3) is 4.00. The zero-order valence-corrected chi connectivity index (χ0v) is 16.8. The summed E-state index contributed by atoms with van der Waals surface area (Å²) in [5, 5.41) is 7.44. The number of anilines is 3. The Labute approximate surface area is 174 Å². The molecule has 0 unspecified atom stereocenters. The van der Waals surface area contributed by atoms with Crippen molar-refractivity contribution in [2.24, 2.45) is 12.1 Å². The van der Waals surface area contributed by atoms with Crippen LogP contribution in [0.5, 0.6) is 0 Å². The van der Waals surface area contributed by atoms with Crippen molar-refractivity contribution in [2.75, 3.05) is 10.7 Å². The lowest BCUT2D eigenvalue weighted by Gasteiger charge is -2.07. The number of nitrogens with one attached hydrogen (secondary N) is 2. The summed E-state index contributed by atoms with van der Waals surface area (Å²) in [4.78, 5) is 17.2. The first-order chi connectivity index (χ1) is 14.6. The highest BCUT2D eigenvalue weighted by Gasteiger charge is 2.16. The molecular formula is C23H22N6O. The minimum Gasteiger partial charge on any atom is -0.349 e. The van der Waals surface area contributed by atoms with Gasteiger partial charge in [0.2, 0.25) is 0 Å². The third-order valence-electron chi connectivity index (χ3n) is 4.79. The molecule has 0 aliphatic carbocycles. The fourth-order valence-electron chi connectivity index (χ4n) is 3.11. The molecule has 0 saturated heterocycles. The van der Waals surface area contributed by atoms with Crippen molar-refractivity contribution >= 4 is 23.4 Å². The Bertz CT molecular complexity index is 1210. The van der Waals surface area contributed by atoms with Crippen LogP contribution < -0.4 is 16.3 Å². The molecule has 30 heavy (non-hydrogen) atoms. The van der Waals surface area contributed by atoms with E-state index < -0.39 is 0 Å². The minimum absolute atomic E-state index is 0.0913. The van der Waals surface area contributed by atoms with Crippen LogP contribution in [0, 0.1) is 6.92 Å². The standard InChI is InChI=1S/C23H22N6O/c1-17-22(23(30)29(28(17)2)20-8-4-3-5-9-20)26-19-13-11-18(12-14-19)16-25-27-21-10-6-7-15-24-21/h3-16,26H,1-2H3,(H,24,27)/b25-16-. The summed E-state index contributed by atoms with van der Waals surface area (Å²) in [5.74, 6) is 0.682. The van der Waals surface area contributed by atoms with Crippen molar-refractivity contribution < 1.29 is 0 Å². The van der Waals surface area contributed by atoms with Crippen LogP contribution in [-0.2, 0) is 7.05 Å². The minimum atomic E-state index is -0.0913. The lowest BCUT2D eigenvalue weighted by atomic mass is 10.2. The van der Waals surface area contributed by atoms with Crippen molar-refractivity contribution in [3.05, 3.63) is 101 Å². The Kier molecular flexibility index (Phi) is 5.43. The number of aromatic nitrogens is 3. The molecule has 0 spiro atoms. The van der Waals surface area contributed by atoms with E-state index in [-0.39, 0.29) is 5.56 Å². The molecule has 150 valence electrons. The van der Waals surface area contributed by atoms with Gasteiger partial charge >= 0.3 is 0 Å². The summed E-state index contributed by atoms with van der Waals surface area (Å²) in [6.45, 7) is 1.92. The van der Waals surface area contributed by atoms with Gasteiger partial charge in [0.15, 0.2) is 0 Å². The maximum atomic E-state index is 13.0. The SMILES string of the molecule is Cc1c(Nc2ccc(/C=N\Nc3ccccn3)cc2)c(=O)n(-c2ccccc2)n1C. The second kappa shape index (κ2) is 8.48. The van der Waals surface area contributed by atoms with Crippen LogP contribution in [-0.4, -0.2) is 20.6 Å². The van der Waals surface area contributed by atoms with E-state index in [2.05, 4.69) is 20.8 Å². The number of hydrogen-bond acceptors (Lipinski definition) is 5. The zero-order chi connectivity index (χ0) is 20.9.